The molecule has 4 saturated carbocycles. The van der Waals surface area contributed by atoms with E-state index in [4.69, 9.17) is 0 Å². The summed E-state index contributed by atoms with van der Waals surface area (Å²) in [7, 11) is 4.19. The minimum absolute atomic E-state index is 0.184. The molecule has 0 heterocycles. The number of unbranched alkanes of at least 4 members (excludes halogenated alkanes) is 1. The van der Waals surface area contributed by atoms with Crippen LogP contribution >= 0.6 is 0 Å². The minimum Gasteiger partial charge on any atom is -0.393 e. The zero-order chi connectivity index (χ0) is 27.0. The van der Waals surface area contributed by atoms with Crippen molar-refractivity contribution in [3.63, 3.8) is 0 Å². The van der Waals surface area contributed by atoms with Crippen LogP contribution in [0, 0.1) is 52.3 Å². The van der Waals surface area contributed by atoms with E-state index in [-0.39, 0.29) is 28.9 Å². The molecular formula is C32H58N2O3. The molecule has 0 radical (unpaired) electrons. The van der Waals surface area contributed by atoms with Gasteiger partial charge in [0.25, 0.3) is 0 Å². The Morgan fingerprint density at radius 3 is 2.41 bits per heavy atom. The number of hydrogen-bond acceptors (Lipinski definition) is 4. The van der Waals surface area contributed by atoms with Crippen molar-refractivity contribution in [1.82, 2.24) is 10.2 Å². The average molecular weight is 519 g/mol. The molecule has 0 saturated heterocycles. The number of fused-ring (bicyclic) bond motifs is 5. The predicted molar refractivity (Wildman–Crippen MR) is 151 cm³/mol. The molecule has 4 aliphatic carbocycles. The lowest BCUT2D eigenvalue weighted by Gasteiger charge is -2.64. The lowest BCUT2D eigenvalue weighted by Crippen LogP contribution is -2.62. The monoisotopic (exact) mass is 518 g/mol. The molecular weight excluding hydrogens is 460 g/mol. The van der Waals surface area contributed by atoms with E-state index in [1.165, 1.54) is 25.7 Å². The molecule has 4 rings (SSSR count). The largest absolute Gasteiger partial charge is 0.393 e. The fraction of sp³-hybridized carbons (Fsp3) is 0.969. The number of aliphatic hydroxyl groups excluding tert-OH is 2. The summed E-state index contributed by atoms with van der Waals surface area (Å²) in [6, 6.07) is 0. The number of carbonyl (C=O) groups is 1. The quantitative estimate of drug-likeness (QED) is 0.335. The number of nitrogens with zero attached hydrogens (tertiary/aromatic N) is 1. The number of rotatable bonds is 10. The van der Waals surface area contributed by atoms with Crippen molar-refractivity contribution >= 4 is 5.91 Å². The summed E-state index contributed by atoms with van der Waals surface area (Å²) in [5.74, 6) is 3.78. The van der Waals surface area contributed by atoms with E-state index in [1.54, 1.807) is 0 Å². The van der Waals surface area contributed by atoms with Crippen molar-refractivity contribution in [3.8, 4) is 0 Å². The molecule has 0 aliphatic heterocycles. The molecule has 0 aromatic heterocycles. The van der Waals surface area contributed by atoms with Crippen LogP contribution in [0.15, 0.2) is 0 Å². The number of amides is 1. The van der Waals surface area contributed by atoms with E-state index in [2.05, 4.69) is 52.0 Å². The van der Waals surface area contributed by atoms with Gasteiger partial charge in [0.1, 0.15) is 0 Å². The first kappa shape index (κ1) is 29.3. The second kappa shape index (κ2) is 11.8. The molecule has 5 heteroatoms. The first-order chi connectivity index (χ1) is 17.5. The van der Waals surface area contributed by atoms with Crippen LogP contribution in [-0.2, 0) is 4.79 Å². The van der Waals surface area contributed by atoms with Crippen molar-refractivity contribution in [3.05, 3.63) is 0 Å². The van der Waals surface area contributed by atoms with Gasteiger partial charge in [0.2, 0.25) is 5.91 Å². The highest BCUT2D eigenvalue weighted by Gasteiger charge is 2.64. The topological polar surface area (TPSA) is 72.8 Å². The van der Waals surface area contributed by atoms with Gasteiger partial charge in [0, 0.05) is 13.0 Å². The van der Waals surface area contributed by atoms with E-state index < -0.39 is 0 Å². The van der Waals surface area contributed by atoms with E-state index in [1.807, 2.05) is 0 Å². The smallest absolute Gasteiger partial charge is 0.220 e. The average Bonchev–Trinajstić information content (AvgIpc) is 3.20. The van der Waals surface area contributed by atoms with Crippen LogP contribution in [0.3, 0.4) is 0 Å². The molecule has 3 N–H and O–H groups in total. The first-order valence-electron chi connectivity index (χ1n) is 15.8. The van der Waals surface area contributed by atoms with Crippen molar-refractivity contribution in [2.75, 3.05) is 27.2 Å². The maximum atomic E-state index is 12.5. The van der Waals surface area contributed by atoms with E-state index in [0.717, 1.165) is 58.0 Å². The minimum atomic E-state index is -0.227. The van der Waals surface area contributed by atoms with Crippen molar-refractivity contribution in [2.45, 2.75) is 117 Å². The molecule has 0 aromatic carbocycles. The zero-order valence-electron chi connectivity index (χ0n) is 24.8. The Labute approximate surface area is 227 Å². The standard InChI is InChI=1S/C32H58N2O3/c1-7-23-27-20-22(35)14-16-32(27,4)26-15-17-31(3)24(11-12-25(31)29(26)30(23)37)21(2)10-13-28(36)33-18-8-9-19-34(5)6/h21-27,29-30,35,37H,7-20H2,1-6H3,(H,33,36)/t21-,22-,23-,24-,25+,26+,27+,29+,30-,31-,32-/m1/s1. The molecule has 0 bridgehead atoms. The van der Waals surface area contributed by atoms with Gasteiger partial charge in [-0.2, -0.15) is 0 Å². The summed E-state index contributed by atoms with van der Waals surface area (Å²) in [5, 5.41) is 25.5. The third-order valence-electron chi connectivity index (χ3n) is 12.3. The van der Waals surface area contributed by atoms with Gasteiger partial charge >= 0.3 is 0 Å². The lowest BCUT2D eigenvalue weighted by atomic mass is 9.41. The molecule has 5 nitrogen and oxygen atoms in total. The van der Waals surface area contributed by atoms with Crippen LogP contribution in [-0.4, -0.2) is 60.4 Å². The highest BCUT2D eigenvalue weighted by atomic mass is 16.3. The van der Waals surface area contributed by atoms with Gasteiger partial charge in [-0.1, -0.05) is 34.1 Å². The summed E-state index contributed by atoms with van der Waals surface area (Å²) in [5.41, 5.74) is 0.541. The van der Waals surface area contributed by atoms with Crippen LogP contribution in [0.2, 0.25) is 0 Å². The highest BCUT2D eigenvalue weighted by molar-refractivity contribution is 5.75. The molecule has 0 spiro atoms. The SMILES string of the molecule is CC[C@H]1[C@@H](O)[C@@H]2[C@H](CC[C@]3(C)[C@@H]([C@H](C)CCC(=O)NCCCCN(C)C)CC[C@@H]23)[C@@]2(C)CC[C@@H](O)C[C@@H]12. The lowest BCUT2D eigenvalue weighted by molar-refractivity contribution is -0.203. The van der Waals surface area contributed by atoms with Gasteiger partial charge in [0.15, 0.2) is 0 Å². The van der Waals surface area contributed by atoms with E-state index >= 15 is 0 Å². The molecule has 214 valence electrons. The normalized spacial score (nSPS) is 44.1. The summed E-state index contributed by atoms with van der Waals surface area (Å²) < 4.78 is 0. The van der Waals surface area contributed by atoms with Crippen LogP contribution < -0.4 is 5.32 Å². The summed E-state index contributed by atoms with van der Waals surface area (Å²) >= 11 is 0. The molecule has 4 aliphatic rings. The fourth-order valence-electron chi connectivity index (χ4n) is 10.4. The molecule has 4 fully saturated rings. The summed E-state index contributed by atoms with van der Waals surface area (Å²) in [6.45, 7) is 11.6. The van der Waals surface area contributed by atoms with Gasteiger partial charge in [0.05, 0.1) is 12.2 Å². The van der Waals surface area contributed by atoms with Gasteiger partial charge < -0.3 is 20.4 Å². The van der Waals surface area contributed by atoms with Crippen molar-refractivity contribution in [1.29, 1.82) is 0 Å². The van der Waals surface area contributed by atoms with Crippen LogP contribution in [0.25, 0.3) is 0 Å². The van der Waals surface area contributed by atoms with Gasteiger partial charge in [-0.05, 0) is 137 Å². The van der Waals surface area contributed by atoms with Crippen LogP contribution in [0.5, 0.6) is 0 Å². The fourth-order valence-corrected chi connectivity index (χ4v) is 10.4. The van der Waals surface area contributed by atoms with Crippen molar-refractivity contribution < 1.29 is 15.0 Å². The Balaban J connectivity index is 1.38. The second-order valence-electron chi connectivity index (χ2n) is 14.5. The number of nitrogens with one attached hydrogen (secondary N) is 1. The molecule has 11 atom stereocenters. The first-order valence-corrected chi connectivity index (χ1v) is 15.8. The molecule has 0 unspecified atom stereocenters. The third-order valence-corrected chi connectivity index (χ3v) is 12.3. The van der Waals surface area contributed by atoms with Gasteiger partial charge in [-0.25, -0.2) is 0 Å². The second-order valence-corrected chi connectivity index (χ2v) is 14.5. The Morgan fingerprint density at radius 2 is 1.70 bits per heavy atom. The number of aliphatic hydroxyl groups is 2. The van der Waals surface area contributed by atoms with Gasteiger partial charge in [-0.3, -0.25) is 4.79 Å². The Bertz CT molecular complexity index is 773. The van der Waals surface area contributed by atoms with Crippen LogP contribution in [0.4, 0.5) is 0 Å². The van der Waals surface area contributed by atoms with E-state index in [9.17, 15) is 15.0 Å². The van der Waals surface area contributed by atoms with Crippen LogP contribution in [0.1, 0.15) is 105 Å². The Kier molecular flexibility index (Phi) is 9.39. The summed E-state index contributed by atoms with van der Waals surface area (Å²) in [6.07, 6.45) is 12.3. The van der Waals surface area contributed by atoms with Gasteiger partial charge in [-0.15, -0.1) is 0 Å². The predicted octanol–water partition coefficient (Wildman–Crippen LogP) is 5.49. The molecule has 1 amide bonds. The molecule has 37 heavy (non-hydrogen) atoms. The van der Waals surface area contributed by atoms with Crippen molar-refractivity contribution in [2.24, 2.45) is 52.3 Å². The van der Waals surface area contributed by atoms with E-state index in [0.29, 0.717) is 47.8 Å². The Hall–Kier alpha value is -0.650. The molecule has 0 aromatic rings. The Morgan fingerprint density at radius 1 is 1.00 bits per heavy atom. The number of hydrogen-bond donors (Lipinski definition) is 3. The maximum absolute atomic E-state index is 12.5. The third kappa shape index (κ3) is 5.66. The zero-order valence-corrected chi connectivity index (χ0v) is 24.8. The maximum Gasteiger partial charge on any atom is 0.220 e. The number of carbonyl (C=O) groups excluding carboxylic acids is 1. The highest BCUT2D eigenvalue weighted by Crippen LogP contribution is 2.69. The summed E-state index contributed by atoms with van der Waals surface area (Å²) in [4.78, 5) is 14.7.